The lowest BCUT2D eigenvalue weighted by molar-refractivity contribution is -0.118. The van der Waals surface area contributed by atoms with E-state index < -0.39 is 0 Å². The Kier molecular flexibility index (Phi) is 7.61. The summed E-state index contributed by atoms with van der Waals surface area (Å²) in [7, 11) is 0. The second-order valence-electron chi connectivity index (χ2n) is 6.02. The summed E-state index contributed by atoms with van der Waals surface area (Å²) in [5.41, 5.74) is 3.31. The number of rotatable bonds is 7. The molecule has 0 aliphatic heterocycles. The van der Waals surface area contributed by atoms with Crippen LogP contribution >= 0.6 is 11.3 Å². The van der Waals surface area contributed by atoms with Gasteiger partial charge < -0.3 is 4.90 Å². The van der Waals surface area contributed by atoms with Crippen LogP contribution in [0.1, 0.15) is 32.1 Å². The van der Waals surface area contributed by atoms with Crippen molar-refractivity contribution >= 4 is 22.9 Å². The van der Waals surface area contributed by atoms with Crippen LogP contribution in [0.4, 0.5) is 5.69 Å². The Labute approximate surface area is 161 Å². The van der Waals surface area contributed by atoms with E-state index in [0.717, 1.165) is 16.1 Å². The van der Waals surface area contributed by atoms with Crippen molar-refractivity contribution in [1.82, 2.24) is 0 Å². The van der Waals surface area contributed by atoms with Gasteiger partial charge in [-0.05, 0) is 38.0 Å². The molecule has 26 heavy (non-hydrogen) atoms. The summed E-state index contributed by atoms with van der Waals surface area (Å²) < 4.78 is 0. The number of carbonyl (C=O) groups excluding carboxylic acids is 1. The Bertz CT molecular complexity index is 812. The quantitative estimate of drug-likeness (QED) is 0.510. The standard InChI is InChI=1S/C23H27NOS/c1-5-8-13-19(12-6-2)17-24(23(25)7-3)21-16-22(26-18(21)4)20-14-10-9-11-15-20/h5-6,8-16H,7,17H2,1-4H3/b8-5+,12-6-,19-13+. The van der Waals surface area contributed by atoms with Crippen LogP contribution in [0.25, 0.3) is 10.4 Å². The maximum atomic E-state index is 12.7. The minimum absolute atomic E-state index is 0.140. The molecular formula is C23H27NOS. The summed E-state index contributed by atoms with van der Waals surface area (Å²) in [6.45, 7) is 8.58. The Hall–Kier alpha value is -2.39. The second kappa shape index (κ2) is 9.93. The summed E-state index contributed by atoms with van der Waals surface area (Å²) >= 11 is 1.74. The number of hydrogen-bond acceptors (Lipinski definition) is 2. The van der Waals surface area contributed by atoms with Crippen LogP contribution in [-0.4, -0.2) is 12.5 Å². The van der Waals surface area contributed by atoms with Gasteiger partial charge in [0.05, 0.1) is 12.2 Å². The van der Waals surface area contributed by atoms with E-state index in [2.05, 4.69) is 37.3 Å². The predicted octanol–water partition coefficient (Wildman–Crippen LogP) is 6.55. The molecule has 0 fully saturated rings. The summed E-state index contributed by atoms with van der Waals surface area (Å²) in [5, 5.41) is 0. The number of allylic oxidation sites excluding steroid dienone is 4. The Morgan fingerprint density at radius 1 is 1.15 bits per heavy atom. The van der Waals surface area contributed by atoms with E-state index in [4.69, 9.17) is 0 Å². The summed E-state index contributed by atoms with van der Waals surface area (Å²) in [6, 6.07) is 12.5. The van der Waals surface area contributed by atoms with Gasteiger partial charge in [0, 0.05) is 16.2 Å². The normalized spacial score (nSPS) is 12.2. The van der Waals surface area contributed by atoms with E-state index in [1.54, 1.807) is 11.3 Å². The molecule has 1 heterocycles. The third kappa shape index (κ3) is 5.06. The molecule has 0 spiro atoms. The maximum Gasteiger partial charge on any atom is 0.227 e. The molecule has 0 N–H and O–H groups in total. The number of benzene rings is 1. The number of thiophene rings is 1. The molecule has 2 nitrogen and oxygen atoms in total. The Morgan fingerprint density at radius 3 is 2.50 bits per heavy atom. The van der Waals surface area contributed by atoms with E-state index in [-0.39, 0.29) is 5.91 Å². The first kappa shape index (κ1) is 19.9. The summed E-state index contributed by atoms with van der Waals surface area (Å²) in [6.07, 6.45) is 10.6. The molecule has 0 aliphatic rings. The van der Waals surface area contributed by atoms with Crippen molar-refractivity contribution < 1.29 is 4.79 Å². The van der Waals surface area contributed by atoms with Crippen molar-refractivity contribution in [1.29, 1.82) is 0 Å². The smallest absolute Gasteiger partial charge is 0.227 e. The van der Waals surface area contributed by atoms with Crippen LogP contribution in [-0.2, 0) is 4.79 Å². The van der Waals surface area contributed by atoms with Gasteiger partial charge in [0.1, 0.15) is 0 Å². The first-order valence-electron chi connectivity index (χ1n) is 9.01. The molecule has 3 heteroatoms. The highest BCUT2D eigenvalue weighted by atomic mass is 32.1. The fraction of sp³-hybridized carbons (Fsp3) is 0.261. The first-order chi connectivity index (χ1) is 12.6. The monoisotopic (exact) mass is 365 g/mol. The topological polar surface area (TPSA) is 20.3 Å². The van der Waals surface area contributed by atoms with Gasteiger partial charge in [-0.15, -0.1) is 11.3 Å². The maximum absolute atomic E-state index is 12.7. The van der Waals surface area contributed by atoms with Crippen molar-refractivity contribution in [2.45, 2.75) is 34.1 Å². The van der Waals surface area contributed by atoms with E-state index in [9.17, 15) is 4.79 Å². The molecule has 0 saturated heterocycles. The van der Waals surface area contributed by atoms with Crippen LogP contribution in [0.15, 0.2) is 72.4 Å². The number of aryl methyl sites for hydroxylation is 1. The summed E-state index contributed by atoms with van der Waals surface area (Å²) in [4.78, 5) is 17.0. The molecule has 2 rings (SSSR count). The Balaban J connectivity index is 2.41. The van der Waals surface area contributed by atoms with E-state index in [1.165, 1.54) is 10.4 Å². The van der Waals surface area contributed by atoms with E-state index >= 15 is 0 Å². The fourth-order valence-corrected chi connectivity index (χ4v) is 3.79. The van der Waals surface area contributed by atoms with Crippen molar-refractivity contribution in [3.8, 4) is 10.4 Å². The van der Waals surface area contributed by atoms with E-state index in [1.807, 2.05) is 62.1 Å². The van der Waals surface area contributed by atoms with Crippen LogP contribution in [0.2, 0.25) is 0 Å². The van der Waals surface area contributed by atoms with Gasteiger partial charge in [-0.3, -0.25) is 4.79 Å². The molecular weight excluding hydrogens is 338 g/mol. The molecule has 0 aliphatic carbocycles. The lowest BCUT2D eigenvalue weighted by atomic mass is 10.1. The number of amides is 1. The number of nitrogens with zero attached hydrogens (tertiary/aromatic N) is 1. The van der Waals surface area contributed by atoms with Crippen molar-refractivity contribution in [3.05, 3.63) is 77.2 Å². The van der Waals surface area contributed by atoms with Crippen molar-refractivity contribution in [3.63, 3.8) is 0 Å². The number of anilines is 1. The minimum Gasteiger partial charge on any atom is -0.307 e. The summed E-state index contributed by atoms with van der Waals surface area (Å²) in [5.74, 6) is 0.140. The second-order valence-corrected chi connectivity index (χ2v) is 7.28. The molecule has 2 aromatic rings. The fourth-order valence-electron chi connectivity index (χ4n) is 2.76. The number of carbonyl (C=O) groups is 1. The average Bonchev–Trinajstić information content (AvgIpc) is 3.05. The molecule has 1 aromatic carbocycles. The number of hydrogen-bond donors (Lipinski definition) is 0. The first-order valence-corrected chi connectivity index (χ1v) is 9.83. The van der Waals surface area contributed by atoms with Gasteiger partial charge in [-0.25, -0.2) is 0 Å². The van der Waals surface area contributed by atoms with Crippen LogP contribution < -0.4 is 4.90 Å². The molecule has 1 amide bonds. The lowest BCUT2D eigenvalue weighted by Crippen LogP contribution is -2.32. The van der Waals surface area contributed by atoms with Gasteiger partial charge in [-0.1, -0.05) is 67.6 Å². The molecule has 136 valence electrons. The van der Waals surface area contributed by atoms with Gasteiger partial charge >= 0.3 is 0 Å². The highest BCUT2D eigenvalue weighted by Gasteiger charge is 2.19. The van der Waals surface area contributed by atoms with Crippen molar-refractivity contribution in [2.75, 3.05) is 11.4 Å². The molecule has 0 bridgehead atoms. The van der Waals surface area contributed by atoms with Crippen LogP contribution in [0, 0.1) is 6.92 Å². The zero-order valence-corrected chi connectivity index (χ0v) is 16.8. The third-order valence-corrected chi connectivity index (χ3v) is 5.16. The van der Waals surface area contributed by atoms with Crippen molar-refractivity contribution in [2.24, 2.45) is 0 Å². The Morgan fingerprint density at radius 2 is 1.88 bits per heavy atom. The molecule has 1 aromatic heterocycles. The molecule has 0 radical (unpaired) electrons. The molecule has 0 atom stereocenters. The van der Waals surface area contributed by atoms with E-state index in [0.29, 0.717) is 13.0 Å². The highest BCUT2D eigenvalue weighted by molar-refractivity contribution is 7.16. The third-order valence-electron chi connectivity index (χ3n) is 4.07. The SMILES string of the molecule is C\C=C/C(=C\C=C\C)CN(C(=O)CC)c1cc(-c2ccccc2)sc1C. The molecule has 0 saturated carbocycles. The average molecular weight is 366 g/mol. The zero-order chi connectivity index (χ0) is 18.9. The van der Waals surface area contributed by atoms with Gasteiger partial charge in [-0.2, -0.15) is 0 Å². The van der Waals surface area contributed by atoms with Gasteiger partial charge in [0.2, 0.25) is 5.91 Å². The van der Waals surface area contributed by atoms with Gasteiger partial charge in [0.15, 0.2) is 0 Å². The lowest BCUT2D eigenvalue weighted by Gasteiger charge is -2.23. The predicted molar refractivity (Wildman–Crippen MR) is 115 cm³/mol. The van der Waals surface area contributed by atoms with Crippen LogP contribution in [0.3, 0.4) is 0 Å². The highest BCUT2D eigenvalue weighted by Crippen LogP contribution is 2.36. The largest absolute Gasteiger partial charge is 0.307 e. The van der Waals surface area contributed by atoms with Gasteiger partial charge in [0.25, 0.3) is 0 Å². The van der Waals surface area contributed by atoms with Crippen LogP contribution in [0.5, 0.6) is 0 Å². The minimum atomic E-state index is 0.140. The zero-order valence-electron chi connectivity index (χ0n) is 16.0. The molecule has 0 unspecified atom stereocenters.